The molecule has 2 aromatic rings. The molecule has 0 aliphatic heterocycles. The average Bonchev–Trinajstić information content (AvgIpc) is 2.68. The van der Waals surface area contributed by atoms with Gasteiger partial charge in [0.15, 0.2) is 5.75 Å². The second kappa shape index (κ2) is 9.86. The Hall–Kier alpha value is -3.68. The van der Waals surface area contributed by atoms with E-state index in [1.54, 1.807) is 44.2 Å². The molecule has 0 atom stereocenters. The molecule has 2 aromatic carbocycles. The molecule has 0 saturated heterocycles. The minimum absolute atomic E-state index is 0.113. The predicted molar refractivity (Wildman–Crippen MR) is 104 cm³/mol. The Balaban J connectivity index is 2.09. The SMILES string of the molecule is CCOC(=O)/C=C/c1ccc(NC(=O)c2ccc(OCC)c([N+](=O)[O-])c2)cc1. The summed E-state index contributed by atoms with van der Waals surface area (Å²) < 4.78 is 10.0. The fourth-order valence-corrected chi connectivity index (χ4v) is 2.31. The Morgan fingerprint density at radius 2 is 1.82 bits per heavy atom. The molecular weight excluding hydrogens is 364 g/mol. The van der Waals surface area contributed by atoms with Crippen molar-refractivity contribution >= 4 is 29.3 Å². The summed E-state index contributed by atoms with van der Waals surface area (Å²) in [5.74, 6) is -0.806. The molecule has 28 heavy (non-hydrogen) atoms. The van der Waals surface area contributed by atoms with Gasteiger partial charge in [-0.2, -0.15) is 0 Å². The van der Waals surface area contributed by atoms with Crippen LogP contribution in [-0.4, -0.2) is 30.0 Å². The number of amides is 1. The van der Waals surface area contributed by atoms with Gasteiger partial charge in [-0.25, -0.2) is 4.79 Å². The molecule has 1 N–H and O–H groups in total. The summed E-state index contributed by atoms with van der Waals surface area (Å²) in [6.45, 7) is 4.03. The summed E-state index contributed by atoms with van der Waals surface area (Å²) in [4.78, 5) is 34.3. The molecule has 0 aliphatic rings. The Morgan fingerprint density at radius 3 is 2.43 bits per heavy atom. The zero-order chi connectivity index (χ0) is 20.5. The highest BCUT2D eigenvalue weighted by Crippen LogP contribution is 2.28. The zero-order valence-corrected chi connectivity index (χ0v) is 15.5. The van der Waals surface area contributed by atoms with Crippen molar-refractivity contribution in [3.63, 3.8) is 0 Å². The number of benzene rings is 2. The first kappa shape index (κ1) is 20.6. The molecule has 0 saturated carbocycles. The molecule has 0 bridgehead atoms. The van der Waals surface area contributed by atoms with E-state index in [9.17, 15) is 19.7 Å². The molecule has 1 amide bonds. The first-order chi connectivity index (χ1) is 13.4. The molecule has 8 nitrogen and oxygen atoms in total. The summed E-state index contributed by atoms with van der Waals surface area (Å²) >= 11 is 0. The lowest BCUT2D eigenvalue weighted by atomic mass is 10.1. The normalized spacial score (nSPS) is 10.5. The van der Waals surface area contributed by atoms with Crippen LogP contribution < -0.4 is 10.1 Å². The summed E-state index contributed by atoms with van der Waals surface area (Å²) in [5.41, 5.74) is 1.13. The van der Waals surface area contributed by atoms with Crippen LogP contribution in [0.1, 0.15) is 29.8 Å². The minimum atomic E-state index is -0.591. The maximum atomic E-state index is 12.4. The van der Waals surface area contributed by atoms with Gasteiger partial charge in [-0.3, -0.25) is 14.9 Å². The first-order valence-corrected chi connectivity index (χ1v) is 8.62. The third-order valence-corrected chi connectivity index (χ3v) is 3.58. The third kappa shape index (κ3) is 5.66. The molecule has 0 aliphatic carbocycles. The molecule has 0 spiro atoms. The van der Waals surface area contributed by atoms with Crippen LogP contribution in [0.15, 0.2) is 48.5 Å². The molecule has 0 radical (unpaired) electrons. The standard InChI is InChI=1S/C20H20N2O6/c1-3-27-18-11-8-15(13-17(18)22(25)26)20(24)21-16-9-5-14(6-10-16)7-12-19(23)28-4-2/h5-13H,3-4H2,1-2H3,(H,21,24)/b12-7+. The number of nitro groups is 1. The van der Waals surface area contributed by atoms with Gasteiger partial charge in [-0.05, 0) is 49.8 Å². The fraction of sp³-hybridized carbons (Fsp3) is 0.200. The number of hydrogen-bond acceptors (Lipinski definition) is 6. The Bertz CT molecular complexity index is 890. The van der Waals surface area contributed by atoms with Crippen molar-refractivity contribution in [2.75, 3.05) is 18.5 Å². The van der Waals surface area contributed by atoms with Gasteiger partial charge in [0.25, 0.3) is 5.91 Å². The first-order valence-electron chi connectivity index (χ1n) is 8.62. The van der Waals surface area contributed by atoms with Crippen LogP contribution in [0.4, 0.5) is 11.4 Å². The number of ether oxygens (including phenoxy) is 2. The highest BCUT2D eigenvalue weighted by Gasteiger charge is 2.18. The molecule has 2 rings (SSSR count). The number of carbonyl (C=O) groups excluding carboxylic acids is 2. The van der Waals surface area contributed by atoms with E-state index in [1.807, 2.05) is 0 Å². The van der Waals surface area contributed by atoms with Gasteiger partial charge >= 0.3 is 11.7 Å². The van der Waals surface area contributed by atoms with E-state index in [4.69, 9.17) is 9.47 Å². The highest BCUT2D eigenvalue weighted by atomic mass is 16.6. The lowest BCUT2D eigenvalue weighted by molar-refractivity contribution is -0.385. The maximum absolute atomic E-state index is 12.4. The van der Waals surface area contributed by atoms with Crippen molar-refractivity contribution < 1.29 is 24.0 Å². The lowest BCUT2D eigenvalue weighted by Crippen LogP contribution is -2.12. The van der Waals surface area contributed by atoms with Gasteiger partial charge in [0, 0.05) is 23.4 Å². The van der Waals surface area contributed by atoms with Crippen molar-refractivity contribution in [2.45, 2.75) is 13.8 Å². The van der Waals surface area contributed by atoms with Crippen molar-refractivity contribution in [1.82, 2.24) is 0 Å². The summed E-state index contributed by atoms with van der Waals surface area (Å²) in [6.07, 6.45) is 2.91. The van der Waals surface area contributed by atoms with Gasteiger partial charge in [0.1, 0.15) is 0 Å². The topological polar surface area (TPSA) is 108 Å². The van der Waals surface area contributed by atoms with E-state index in [1.165, 1.54) is 24.3 Å². The molecule has 0 aromatic heterocycles. The molecule has 146 valence electrons. The zero-order valence-electron chi connectivity index (χ0n) is 15.5. The second-order valence-electron chi connectivity index (χ2n) is 5.53. The van der Waals surface area contributed by atoms with Gasteiger partial charge in [0.05, 0.1) is 18.1 Å². The summed E-state index contributed by atoms with van der Waals surface area (Å²) in [5, 5.41) is 13.8. The number of rotatable bonds is 8. The van der Waals surface area contributed by atoms with Crippen LogP contribution in [0, 0.1) is 10.1 Å². The van der Waals surface area contributed by atoms with E-state index in [2.05, 4.69) is 5.32 Å². The minimum Gasteiger partial charge on any atom is -0.487 e. The number of nitro benzene ring substituents is 1. The van der Waals surface area contributed by atoms with Crippen LogP contribution in [0.25, 0.3) is 6.08 Å². The van der Waals surface area contributed by atoms with Crippen molar-refractivity contribution in [3.05, 3.63) is 69.8 Å². The molecular formula is C20H20N2O6. The second-order valence-corrected chi connectivity index (χ2v) is 5.53. The van der Waals surface area contributed by atoms with Gasteiger partial charge in [-0.1, -0.05) is 12.1 Å². The number of nitrogens with one attached hydrogen (secondary N) is 1. The molecule has 0 unspecified atom stereocenters. The number of carbonyl (C=O) groups is 2. The van der Waals surface area contributed by atoms with Crippen LogP contribution in [0.3, 0.4) is 0 Å². The van der Waals surface area contributed by atoms with Crippen molar-refractivity contribution in [2.24, 2.45) is 0 Å². The highest BCUT2D eigenvalue weighted by molar-refractivity contribution is 6.04. The van der Waals surface area contributed by atoms with Crippen LogP contribution in [-0.2, 0) is 9.53 Å². The third-order valence-electron chi connectivity index (χ3n) is 3.58. The van der Waals surface area contributed by atoms with Crippen molar-refractivity contribution in [1.29, 1.82) is 0 Å². The maximum Gasteiger partial charge on any atom is 0.330 e. The predicted octanol–water partition coefficient (Wildman–Crippen LogP) is 3.82. The number of anilines is 1. The lowest BCUT2D eigenvalue weighted by Gasteiger charge is -2.08. The Labute approximate surface area is 161 Å². The number of hydrogen-bond donors (Lipinski definition) is 1. The Morgan fingerprint density at radius 1 is 1.11 bits per heavy atom. The van der Waals surface area contributed by atoms with E-state index in [0.717, 1.165) is 5.56 Å². The van der Waals surface area contributed by atoms with Gasteiger partial charge < -0.3 is 14.8 Å². The fourth-order valence-electron chi connectivity index (χ4n) is 2.31. The number of esters is 1. The summed E-state index contributed by atoms with van der Waals surface area (Å²) in [7, 11) is 0. The number of nitrogens with zero attached hydrogens (tertiary/aromatic N) is 1. The van der Waals surface area contributed by atoms with Crippen molar-refractivity contribution in [3.8, 4) is 5.75 Å². The van der Waals surface area contributed by atoms with E-state index < -0.39 is 16.8 Å². The van der Waals surface area contributed by atoms with Crippen LogP contribution >= 0.6 is 0 Å². The van der Waals surface area contributed by atoms with E-state index in [-0.39, 0.29) is 23.6 Å². The quantitative estimate of drug-likeness (QED) is 0.321. The van der Waals surface area contributed by atoms with Crippen LogP contribution in [0.2, 0.25) is 0 Å². The van der Waals surface area contributed by atoms with E-state index >= 15 is 0 Å². The largest absolute Gasteiger partial charge is 0.487 e. The van der Waals surface area contributed by atoms with E-state index in [0.29, 0.717) is 12.3 Å². The molecule has 0 fully saturated rings. The smallest absolute Gasteiger partial charge is 0.330 e. The molecule has 0 heterocycles. The Kier molecular flexibility index (Phi) is 7.27. The monoisotopic (exact) mass is 384 g/mol. The molecule has 8 heteroatoms. The summed E-state index contributed by atoms with van der Waals surface area (Å²) in [6, 6.07) is 10.8. The average molecular weight is 384 g/mol. The van der Waals surface area contributed by atoms with Gasteiger partial charge in [-0.15, -0.1) is 0 Å². The van der Waals surface area contributed by atoms with Gasteiger partial charge in [0.2, 0.25) is 0 Å². The van der Waals surface area contributed by atoms with Crippen LogP contribution in [0.5, 0.6) is 5.75 Å².